The minimum Gasteiger partial charge on any atom is -0.404 e. The Labute approximate surface area is 179 Å². The summed E-state index contributed by atoms with van der Waals surface area (Å²) in [5.41, 5.74) is 1.29. The van der Waals surface area contributed by atoms with Crippen molar-refractivity contribution in [1.29, 1.82) is 0 Å². The topological polar surface area (TPSA) is 96.1 Å². The van der Waals surface area contributed by atoms with Gasteiger partial charge >= 0.3 is 5.97 Å². The van der Waals surface area contributed by atoms with E-state index >= 15 is 0 Å². The number of carbonyl (C=O) groups excluding carboxylic acids is 1. The summed E-state index contributed by atoms with van der Waals surface area (Å²) in [5, 5.41) is 8.62. The molecule has 30 heavy (non-hydrogen) atoms. The van der Waals surface area contributed by atoms with Crippen LogP contribution >= 0.6 is 11.6 Å². The van der Waals surface area contributed by atoms with E-state index in [0.717, 1.165) is 24.8 Å². The number of hydrogen-bond acceptors (Lipinski definition) is 6. The van der Waals surface area contributed by atoms with Crippen LogP contribution in [0.3, 0.4) is 0 Å². The zero-order valence-electron chi connectivity index (χ0n) is 16.6. The Hall–Kier alpha value is -2.65. The molecule has 1 saturated carbocycles. The van der Waals surface area contributed by atoms with Gasteiger partial charge in [-0.25, -0.2) is 17.9 Å². The van der Waals surface area contributed by atoms with Crippen molar-refractivity contribution in [2.45, 2.75) is 43.7 Å². The summed E-state index contributed by atoms with van der Waals surface area (Å²) >= 11 is 6.51. The molecule has 3 aromatic rings. The number of hydrogen-bond donors (Lipinski definition) is 0. The lowest BCUT2D eigenvalue weighted by molar-refractivity contribution is 0.0718. The Kier molecular flexibility index (Phi) is 5.42. The number of benzene rings is 1. The number of esters is 1. The molecule has 0 saturated heterocycles. The largest absolute Gasteiger partial charge is 0.404 e. The van der Waals surface area contributed by atoms with Crippen LogP contribution in [0.4, 0.5) is 0 Å². The van der Waals surface area contributed by atoms with Crippen LogP contribution in [-0.2, 0) is 22.9 Å². The first-order chi connectivity index (χ1) is 14.3. The third-order valence-corrected chi connectivity index (χ3v) is 6.57. The maximum Gasteiger partial charge on any atom is 0.346 e. The standard InChI is InChI=1S/C20H21ClN4O4S/c1-3-25-18(11-16(23-25)13-5-6-13)29-20(26)14-7-8-17(30(2,27)28)15(19(14)21)12-24-10-4-9-22-24/h4,7-11,13H,3,5-6,12H2,1-2H3. The van der Waals surface area contributed by atoms with E-state index in [1.807, 2.05) is 6.92 Å². The Morgan fingerprint density at radius 1 is 1.33 bits per heavy atom. The molecule has 2 aromatic heterocycles. The van der Waals surface area contributed by atoms with Crippen LogP contribution in [0.5, 0.6) is 5.88 Å². The van der Waals surface area contributed by atoms with E-state index in [2.05, 4.69) is 10.2 Å². The fourth-order valence-corrected chi connectivity index (χ4v) is 4.55. The quantitative estimate of drug-likeness (QED) is 0.514. The highest BCUT2D eigenvalue weighted by molar-refractivity contribution is 7.90. The highest BCUT2D eigenvalue weighted by Gasteiger charge is 2.29. The molecule has 0 atom stereocenters. The van der Waals surface area contributed by atoms with Crippen molar-refractivity contribution in [2.24, 2.45) is 0 Å². The smallest absolute Gasteiger partial charge is 0.346 e. The minimum atomic E-state index is -3.56. The average Bonchev–Trinajstić information content (AvgIpc) is 3.26. The molecular formula is C20H21ClN4O4S. The van der Waals surface area contributed by atoms with E-state index in [-0.39, 0.29) is 22.0 Å². The molecule has 158 valence electrons. The molecule has 0 bridgehead atoms. The number of aryl methyl sites for hydroxylation is 1. The number of rotatable bonds is 7. The van der Waals surface area contributed by atoms with E-state index in [1.165, 1.54) is 12.1 Å². The predicted octanol–water partition coefficient (Wildman–Crippen LogP) is 3.30. The molecule has 0 N–H and O–H groups in total. The van der Waals surface area contributed by atoms with E-state index in [9.17, 15) is 13.2 Å². The maximum absolute atomic E-state index is 12.9. The van der Waals surface area contributed by atoms with Crippen LogP contribution < -0.4 is 4.74 Å². The lowest BCUT2D eigenvalue weighted by Crippen LogP contribution is -2.15. The predicted molar refractivity (Wildman–Crippen MR) is 111 cm³/mol. The van der Waals surface area contributed by atoms with Gasteiger partial charge in [0.15, 0.2) is 9.84 Å². The van der Waals surface area contributed by atoms with Crippen LogP contribution in [0.25, 0.3) is 0 Å². The third-order valence-electron chi connectivity index (χ3n) is 4.95. The summed E-state index contributed by atoms with van der Waals surface area (Å²) in [6.07, 6.45) is 6.54. The second-order valence-corrected chi connectivity index (χ2v) is 9.63. The average molecular weight is 449 g/mol. The van der Waals surface area contributed by atoms with Crippen molar-refractivity contribution in [3.63, 3.8) is 0 Å². The fraction of sp³-hybridized carbons (Fsp3) is 0.350. The van der Waals surface area contributed by atoms with Gasteiger partial charge < -0.3 is 4.74 Å². The molecule has 1 aromatic carbocycles. The normalized spacial score (nSPS) is 14.1. The summed E-state index contributed by atoms with van der Waals surface area (Å²) in [7, 11) is -3.56. The summed E-state index contributed by atoms with van der Waals surface area (Å²) in [6.45, 7) is 2.58. The monoisotopic (exact) mass is 448 g/mol. The van der Waals surface area contributed by atoms with Crippen molar-refractivity contribution in [3.05, 3.63) is 58.5 Å². The third kappa shape index (κ3) is 4.13. The van der Waals surface area contributed by atoms with Gasteiger partial charge in [-0.15, -0.1) is 0 Å². The van der Waals surface area contributed by atoms with E-state index in [4.69, 9.17) is 16.3 Å². The molecule has 1 aliphatic rings. The van der Waals surface area contributed by atoms with Crippen molar-refractivity contribution in [1.82, 2.24) is 19.6 Å². The zero-order valence-corrected chi connectivity index (χ0v) is 18.2. The van der Waals surface area contributed by atoms with Gasteiger partial charge in [-0.1, -0.05) is 11.6 Å². The number of carbonyl (C=O) groups is 1. The fourth-order valence-electron chi connectivity index (χ4n) is 3.27. The maximum atomic E-state index is 12.9. The van der Waals surface area contributed by atoms with Gasteiger partial charge in [0.05, 0.1) is 27.7 Å². The van der Waals surface area contributed by atoms with Crippen LogP contribution in [0, 0.1) is 0 Å². The van der Waals surface area contributed by atoms with E-state index < -0.39 is 15.8 Å². The van der Waals surface area contributed by atoms with Crippen molar-refractivity contribution in [3.8, 4) is 5.88 Å². The molecule has 0 radical (unpaired) electrons. The van der Waals surface area contributed by atoms with Gasteiger partial charge in [-0.05, 0) is 38.0 Å². The number of sulfone groups is 1. The first-order valence-corrected chi connectivity index (χ1v) is 11.8. The number of halogens is 1. The van der Waals surface area contributed by atoms with Gasteiger partial charge in [0.25, 0.3) is 0 Å². The number of aromatic nitrogens is 4. The van der Waals surface area contributed by atoms with E-state index in [1.54, 1.807) is 33.9 Å². The molecule has 0 amide bonds. The number of ether oxygens (including phenoxy) is 1. The Morgan fingerprint density at radius 2 is 2.10 bits per heavy atom. The number of nitrogens with zero attached hydrogens (tertiary/aromatic N) is 4. The zero-order chi connectivity index (χ0) is 21.5. The first kappa shape index (κ1) is 20.6. The van der Waals surface area contributed by atoms with Crippen LogP contribution in [0.15, 0.2) is 41.6 Å². The molecule has 1 aliphatic carbocycles. The van der Waals surface area contributed by atoms with Crippen molar-refractivity contribution in [2.75, 3.05) is 6.26 Å². The van der Waals surface area contributed by atoms with Crippen molar-refractivity contribution >= 4 is 27.4 Å². The highest BCUT2D eigenvalue weighted by atomic mass is 35.5. The van der Waals surface area contributed by atoms with Gasteiger partial charge in [-0.3, -0.25) is 4.68 Å². The molecule has 0 aliphatic heterocycles. The molecule has 0 unspecified atom stereocenters. The Balaban J connectivity index is 1.69. The van der Waals surface area contributed by atoms with Gasteiger partial charge in [0.1, 0.15) is 0 Å². The Morgan fingerprint density at radius 3 is 2.70 bits per heavy atom. The summed E-state index contributed by atoms with van der Waals surface area (Å²) in [4.78, 5) is 12.9. The molecule has 10 heteroatoms. The molecule has 8 nitrogen and oxygen atoms in total. The lowest BCUT2D eigenvalue weighted by atomic mass is 10.1. The molecule has 4 rings (SSSR count). The lowest BCUT2D eigenvalue weighted by Gasteiger charge is -2.14. The van der Waals surface area contributed by atoms with E-state index in [0.29, 0.717) is 23.9 Å². The second-order valence-electron chi connectivity index (χ2n) is 7.27. The van der Waals surface area contributed by atoms with Gasteiger partial charge in [0.2, 0.25) is 5.88 Å². The van der Waals surface area contributed by atoms with Crippen LogP contribution in [-0.4, -0.2) is 40.2 Å². The minimum absolute atomic E-state index is 0.0309. The molecule has 1 fully saturated rings. The Bertz CT molecular complexity index is 1200. The first-order valence-electron chi connectivity index (χ1n) is 9.56. The van der Waals surface area contributed by atoms with Crippen LogP contribution in [0.1, 0.15) is 47.3 Å². The molecular weight excluding hydrogens is 428 g/mol. The molecule has 0 spiro atoms. The van der Waals surface area contributed by atoms with Crippen LogP contribution in [0.2, 0.25) is 5.02 Å². The van der Waals surface area contributed by atoms with Gasteiger partial charge in [0, 0.05) is 42.7 Å². The van der Waals surface area contributed by atoms with Crippen molar-refractivity contribution < 1.29 is 17.9 Å². The highest BCUT2D eigenvalue weighted by Crippen LogP contribution is 2.40. The summed E-state index contributed by atoms with van der Waals surface area (Å²) in [6, 6.07) is 6.25. The van der Waals surface area contributed by atoms with Gasteiger partial charge in [-0.2, -0.15) is 10.2 Å². The summed E-state index contributed by atoms with van der Waals surface area (Å²) in [5.74, 6) is 0.105. The second kappa shape index (κ2) is 7.88. The summed E-state index contributed by atoms with van der Waals surface area (Å²) < 4.78 is 33.3. The SMILES string of the molecule is CCn1nc(C2CC2)cc1OC(=O)c1ccc(S(C)(=O)=O)c(Cn2cccn2)c1Cl. The molecule has 2 heterocycles.